The molecule has 2 heterocycles. The number of hydrogen-bond donors (Lipinski definition) is 0. The van der Waals surface area contributed by atoms with Crippen LogP contribution in [-0.4, -0.2) is 17.3 Å². The van der Waals surface area contributed by atoms with E-state index in [-0.39, 0.29) is 0 Å². The van der Waals surface area contributed by atoms with Crippen molar-refractivity contribution in [2.45, 2.75) is 0 Å². The molecular weight excluding hydrogens is 168 g/mol. The van der Waals surface area contributed by atoms with Crippen molar-refractivity contribution in [3.8, 4) is 17.1 Å². The smallest absolute Gasteiger partial charge is 0.213 e. The van der Waals surface area contributed by atoms with Gasteiger partial charge in [-0.2, -0.15) is 0 Å². The summed E-state index contributed by atoms with van der Waals surface area (Å²) in [5, 5.41) is 3.80. The molecule has 13 heavy (non-hydrogen) atoms. The summed E-state index contributed by atoms with van der Waals surface area (Å²) in [7, 11) is 1.58. The first-order valence-corrected chi connectivity index (χ1v) is 3.81. The normalized spacial score (nSPS) is 9.92. The SMILES string of the molecule is COc1cc(-c2ccon2)ccn1. The third kappa shape index (κ3) is 1.51. The molecule has 0 atom stereocenters. The van der Waals surface area contributed by atoms with Crippen LogP contribution in [0.1, 0.15) is 0 Å². The summed E-state index contributed by atoms with van der Waals surface area (Å²) in [5.41, 5.74) is 1.71. The molecule has 0 radical (unpaired) electrons. The van der Waals surface area contributed by atoms with Crippen LogP contribution in [0.15, 0.2) is 35.2 Å². The summed E-state index contributed by atoms with van der Waals surface area (Å²) in [6.45, 7) is 0. The van der Waals surface area contributed by atoms with E-state index in [4.69, 9.17) is 9.26 Å². The lowest BCUT2D eigenvalue weighted by Gasteiger charge is -1.99. The van der Waals surface area contributed by atoms with E-state index in [9.17, 15) is 0 Å². The molecule has 0 aliphatic carbocycles. The lowest BCUT2D eigenvalue weighted by Crippen LogP contribution is -1.87. The van der Waals surface area contributed by atoms with Crippen LogP contribution in [0, 0.1) is 0 Å². The second-order valence-corrected chi connectivity index (χ2v) is 2.47. The molecule has 0 saturated carbocycles. The topological polar surface area (TPSA) is 48.2 Å². The van der Waals surface area contributed by atoms with Crippen molar-refractivity contribution in [1.82, 2.24) is 10.1 Å². The molecule has 2 rings (SSSR count). The minimum absolute atomic E-state index is 0.570. The number of methoxy groups -OCH3 is 1. The molecule has 66 valence electrons. The molecule has 0 N–H and O–H groups in total. The van der Waals surface area contributed by atoms with Gasteiger partial charge < -0.3 is 9.26 Å². The van der Waals surface area contributed by atoms with E-state index in [1.54, 1.807) is 25.4 Å². The van der Waals surface area contributed by atoms with Gasteiger partial charge in [0, 0.05) is 23.9 Å². The highest BCUT2D eigenvalue weighted by molar-refractivity contribution is 5.58. The van der Waals surface area contributed by atoms with Crippen molar-refractivity contribution in [1.29, 1.82) is 0 Å². The highest BCUT2D eigenvalue weighted by atomic mass is 16.5. The average Bonchev–Trinajstić information content (AvgIpc) is 2.71. The second-order valence-electron chi connectivity index (χ2n) is 2.47. The first kappa shape index (κ1) is 7.79. The van der Waals surface area contributed by atoms with Crippen LogP contribution in [-0.2, 0) is 0 Å². The summed E-state index contributed by atoms with van der Waals surface area (Å²) in [5.74, 6) is 0.570. The van der Waals surface area contributed by atoms with Crippen LogP contribution in [0.25, 0.3) is 11.3 Å². The molecule has 0 aromatic carbocycles. The largest absolute Gasteiger partial charge is 0.481 e. The predicted octanol–water partition coefficient (Wildman–Crippen LogP) is 1.75. The zero-order chi connectivity index (χ0) is 9.10. The Morgan fingerprint density at radius 2 is 2.31 bits per heavy atom. The molecule has 0 aliphatic heterocycles. The molecule has 4 nitrogen and oxygen atoms in total. The lowest BCUT2D eigenvalue weighted by atomic mass is 10.2. The number of nitrogens with zero attached hydrogens (tertiary/aromatic N) is 2. The Kier molecular flexibility index (Phi) is 1.96. The standard InChI is InChI=1S/C9H8N2O2/c1-12-9-6-7(2-4-10-9)8-3-5-13-11-8/h2-6H,1H3. The van der Waals surface area contributed by atoms with Gasteiger partial charge in [-0.1, -0.05) is 5.16 Å². The van der Waals surface area contributed by atoms with Gasteiger partial charge in [0.15, 0.2) is 0 Å². The van der Waals surface area contributed by atoms with Crippen molar-refractivity contribution in [3.63, 3.8) is 0 Å². The Bertz CT molecular complexity index is 384. The average molecular weight is 176 g/mol. The van der Waals surface area contributed by atoms with Gasteiger partial charge in [-0.3, -0.25) is 0 Å². The fraction of sp³-hybridized carbons (Fsp3) is 0.111. The highest BCUT2D eigenvalue weighted by Gasteiger charge is 2.02. The van der Waals surface area contributed by atoms with Crippen LogP contribution in [0.5, 0.6) is 5.88 Å². The Morgan fingerprint density at radius 3 is 3.00 bits per heavy atom. The van der Waals surface area contributed by atoms with Gasteiger partial charge in [0.25, 0.3) is 0 Å². The van der Waals surface area contributed by atoms with E-state index in [0.717, 1.165) is 11.3 Å². The summed E-state index contributed by atoms with van der Waals surface area (Å²) in [4.78, 5) is 3.99. The Balaban J connectivity index is 2.41. The van der Waals surface area contributed by atoms with Gasteiger partial charge in [-0.25, -0.2) is 4.98 Å². The maximum Gasteiger partial charge on any atom is 0.213 e. The third-order valence-electron chi connectivity index (χ3n) is 1.68. The number of aromatic nitrogens is 2. The molecule has 2 aromatic rings. The van der Waals surface area contributed by atoms with Crippen LogP contribution < -0.4 is 4.74 Å². The van der Waals surface area contributed by atoms with Crippen molar-refractivity contribution in [3.05, 3.63) is 30.7 Å². The molecule has 4 heteroatoms. The van der Waals surface area contributed by atoms with Crippen LogP contribution >= 0.6 is 0 Å². The number of hydrogen-bond acceptors (Lipinski definition) is 4. The van der Waals surface area contributed by atoms with E-state index in [0.29, 0.717) is 5.88 Å². The third-order valence-corrected chi connectivity index (χ3v) is 1.68. The molecule has 0 unspecified atom stereocenters. The van der Waals surface area contributed by atoms with Gasteiger partial charge in [-0.05, 0) is 6.07 Å². The number of rotatable bonds is 2. The summed E-state index contributed by atoms with van der Waals surface area (Å²) >= 11 is 0. The van der Waals surface area contributed by atoms with Gasteiger partial charge in [-0.15, -0.1) is 0 Å². The Labute approximate surface area is 75.2 Å². The molecule has 0 aliphatic rings. The van der Waals surface area contributed by atoms with E-state index < -0.39 is 0 Å². The minimum Gasteiger partial charge on any atom is -0.481 e. The number of ether oxygens (including phenoxy) is 1. The quantitative estimate of drug-likeness (QED) is 0.699. The van der Waals surface area contributed by atoms with Crippen LogP contribution in [0.3, 0.4) is 0 Å². The highest BCUT2D eigenvalue weighted by Crippen LogP contribution is 2.19. The maximum atomic E-state index is 4.98. The van der Waals surface area contributed by atoms with E-state index in [1.807, 2.05) is 6.07 Å². The van der Waals surface area contributed by atoms with Crippen molar-refractivity contribution >= 4 is 0 Å². The van der Waals surface area contributed by atoms with Crippen LogP contribution in [0.2, 0.25) is 0 Å². The van der Waals surface area contributed by atoms with Gasteiger partial charge in [0.05, 0.1) is 7.11 Å². The fourth-order valence-corrected chi connectivity index (χ4v) is 1.04. The van der Waals surface area contributed by atoms with Crippen molar-refractivity contribution in [2.75, 3.05) is 7.11 Å². The predicted molar refractivity (Wildman–Crippen MR) is 46.3 cm³/mol. The van der Waals surface area contributed by atoms with Crippen LogP contribution in [0.4, 0.5) is 0 Å². The molecule has 0 fully saturated rings. The zero-order valence-corrected chi connectivity index (χ0v) is 7.10. The maximum absolute atomic E-state index is 4.98. The zero-order valence-electron chi connectivity index (χ0n) is 7.10. The Morgan fingerprint density at radius 1 is 1.38 bits per heavy atom. The van der Waals surface area contributed by atoms with Gasteiger partial charge in [0.1, 0.15) is 12.0 Å². The van der Waals surface area contributed by atoms with Crippen molar-refractivity contribution in [2.24, 2.45) is 0 Å². The first-order chi connectivity index (χ1) is 6.40. The summed E-state index contributed by atoms with van der Waals surface area (Å²) in [6, 6.07) is 5.44. The Hall–Kier alpha value is -1.84. The molecule has 0 bridgehead atoms. The van der Waals surface area contributed by atoms with Gasteiger partial charge in [0.2, 0.25) is 5.88 Å². The van der Waals surface area contributed by atoms with E-state index >= 15 is 0 Å². The van der Waals surface area contributed by atoms with E-state index in [1.165, 1.54) is 6.26 Å². The molecule has 0 saturated heterocycles. The first-order valence-electron chi connectivity index (χ1n) is 3.81. The van der Waals surface area contributed by atoms with E-state index in [2.05, 4.69) is 10.1 Å². The monoisotopic (exact) mass is 176 g/mol. The summed E-state index contributed by atoms with van der Waals surface area (Å²) in [6.07, 6.45) is 3.20. The molecular formula is C9H8N2O2. The molecule has 0 spiro atoms. The minimum atomic E-state index is 0.570. The summed E-state index contributed by atoms with van der Waals surface area (Å²) < 4.78 is 9.71. The fourth-order valence-electron chi connectivity index (χ4n) is 1.04. The van der Waals surface area contributed by atoms with Crippen molar-refractivity contribution < 1.29 is 9.26 Å². The van der Waals surface area contributed by atoms with Gasteiger partial charge >= 0.3 is 0 Å². The second kappa shape index (κ2) is 3.26. The lowest BCUT2D eigenvalue weighted by molar-refractivity contribution is 0.398. The molecule has 2 aromatic heterocycles. The molecule has 0 amide bonds. The number of pyridine rings is 1.